The van der Waals surface area contributed by atoms with Crippen molar-refractivity contribution in [3.8, 4) is 5.75 Å². The normalized spacial score (nSPS) is 12.4. The molecule has 3 rings (SSSR count). The molecule has 7 nitrogen and oxygen atoms in total. The van der Waals surface area contributed by atoms with Gasteiger partial charge in [-0.05, 0) is 35.9 Å². The third kappa shape index (κ3) is 5.11. The molecule has 1 heterocycles. The number of hydrogen-bond acceptors (Lipinski definition) is 5. The van der Waals surface area contributed by atoms with Gasteiger partial charge in [0.05, 0.1) is 25.3 Å². The van der Waals surface area contributed by atoms with Gasteiger partial charge in [-0.2, -0.15) is 13.2 Å². The summed E-state index contributed by atoms with van der Waals surface area (Å²) in [5.41, 5.74) is -0.285. The number of carbonyl (C=O) groups is 1. The summed E-state index contributed by atoms with van der Waals surface area (Å²) in [6.07, 6.45) is -4.16. The first-order chi connectivity index (χ1) is 13.8. The van der Waals surface area contributed by atoms with Gasteiger partial charge in [-0.1, -0.05) is 18.2 Å². The fourth-order valence-corrected chi connectivity index (χ4v) is 2.56. The number of nitrogens with zero attached hydrogens (tertiary/aromatic N) is 3. The van der Waals surface area contributed by atoms with Crippen LogP contribution in [0.25, 0.3) is 0 Å². The van der Waals surface area contributed by atoms with Gasteiger partial charge in [0, 0.05) is 5.69 Å². The van der Waals surface area contributed by atoms with E-state index in [9.17, 15) is 23.1 Å². The number of aliphatic hydroxyl groups is 1. The van der Waals surface area contributed by atoms with Crippen LogP contribution in [0.1, 0.15) is 27.8 Å². The molecule has 0 saturated carbocycles. The quantitative estimate of drug-likeness (QED) is 0.656. The zero-order valence-electron chi connectivity index (χ0n) is 15.2. The van der Waals surface area contributed by atoms with E-state index in [1.54, 1.807) is 24.3 Å². The molecule has 0 spiro atoms. The first-order valence-corrected chi connectivity index (χ1v) is 8.46. The Kier molecular flexibility index (Phi) is 5.83. The van der Waals surface area contributed by atoms with Crippen LogP contribution < -0.4 is 10.1 Å². The van der Waals surface area contributed by atoms with E-state index in [1.807, 2.05) is 0 Å². The van der Waals surface area contributed by atoms with Crippen LogP contribution in [0.3, 0.4) is 0 Å². The Labute approximate surface area is 163 Å². The molecule has 0 aliphatic carbocycles. The molecule has 2 aromatic carbocycles. The van der Waals surface area contributed by atoms with Crippen molar-refractivity contribution in [2.45, 2.75) is 18.8 Å². The van der Waals surface area contributed by atoms with Crippen LogP contribution in [0.2, 0.25) is 0 Å². The number of anilines is 1. The number of ether oxygens (including phenoxy) is 1. The molecular formula is C19H17F3N4O3. The summed E-state index contributed by atoms with van der Waals surface area (Å²) >= 11 is 0. The highest BCUT2D eigenvalue weighted by Gasteiger charge is 2.30. The van der Waals surface area contributed by atoms with Gasteiger partial charge in [-0.15, -0.1) is 5.10 Å². The Hall–Kier alpha value is -3.40. The number of nitrogens with one attached hydrogen (secondary N) is 1. The van der Waals surface area contributed by atoms with E-state index < -0.39 is 23.8 Å². The Morgan fingerprint density at radius 3 is 2.62 bits per heavy atom. The molecule has 0 saturated heterocycles. The van der Waals surface area contributed by atoms with E-state index >= 15 is 0 Å². The average Bonchev–Trinajstić information content (AvgIpc) is 3.16. The number of rotatable bonds is 6. The third-order valence-electron chi connectivity index (χ3n) is 4.05. The van der Waals surface area contributed by atoms with Gasteiger partial charge in [-0.3, -0.25) is 4.79 Å². The largest absolute Gasteiger partial charge is 0.497 e. The number of halogens is 3. The Balaban J connectivity index is 1.65. The minimum absolute atomic E-state index is 0.0283. The number of carbonyl (C=O) groups excluding carboxylic acids is 1. The van der Waals surface area contributed by atoms with Crippen molar-refractivity contribution in [1.82, 2.24) is 14.8 Å². The predicted octanol–water partition coefficient (Wildman–Crippen LogP) is 3.29. The van der Waals surface area contributed by atoms with Gasteiger partial charge in [0.2, 0.25) is 5.82 Å². The predicted molar refractivity (Wildman–Crippen MR) is 97.4 cm³/mol. The van der Waals surface area contributed by atoms with Crippen molar-refractivity contribution in [3.63, 3.8) is 0 Å². The lowest BCUT2D eigenvalue weighted by Crippen LogP contribution is -2.16. The molecule has 152 valence electrons. The highest BCUT2D eigenvalue weighted by Crippen LogP contribution is 2.30. The maximum absolute atomic E-state index is 12.8. The van der Waals surface area contributed by atoms with E-state index in [0.29, 0.717) is 11.3 Å². The van der Waals surface area contributed by atoms with E-state index in [0.717, 1.165) is 12.1 Å². The fourth-order valence-electron chi connectivity index (χ4n) is 2.56. The van der Waals surface area contributed by atoms with Crippen LogP contribution in [0, 0.1) is 0 Å². The van der Waals surface area contributed by atoms with Crippen LogP contribution in [0.15, 0.2) is 54.9 Å². The number of amides is 1. The number of aliphatic hydroxyl groups excluding tert-OH is 1. The molecule has 0 radical (unpaired) electrons. The van der Waals surface area contributed by atoms with E-state index in [4.69, 9.17) is 4.74 Å². The Bertz CT molecular complexity index is 987. The lowest BCUT2D eigenvalue weighted by Gasteiger charge is -2.11. The van der Waals surface area contributed by atoms with E-state index in [2.05, 4.69) is 15.4 Å². The average molecular weight is 406 g/mol. The number of hydrogen-bond donors (Lipinski definition) is 2. The summed E-state index contributed by atoms with van der Waals surface area (Å²) in [7, 11) is 1.53. The molecule has 1 amide bonds. The molecule has 0 unspecified atom stereocenters. The second-order valence-electron chi connectivity index (χ2n) is 6.11. The molecule has 0 fully saturated rings. The summed E-state index contributed by atoms with van der Waals surface area (Å²) in [6.45, 7) is 0.0379. The van der Waals surface area contributed by atoms with Crippen LogP contribution in [-0.2, 0) is 12.7 Å². The number of aromatic nitrogens is 3. The molecule has 0 aliphatic heterocycles. The maximum atomic E-state index is 12.8. The van der Waals surface area contributed by atoms with Crippen molar-refractivity contribution in [1.29, 1.82) is 0 Å². The lowest BCUT2D eigenvalue weighted by molar-refractivity contribution is -0.137. The molecule has 1 aromatic heterocycles. The van der Waals surface area contributed by atoms with Crippen molar-refractivity contribution in [2.24, 2.45) is 0 Å². The lowest BCUT2D eigenvalue weighted by atomic mass is 10.1. The number of methoxy groups -OCH3 is 1. The smallest absolute Gasteiger partial charge is 0.416 e. The van der Waals surface area contributed by atoms with Gasteiger partial charge < -0.3 is 15.2 Å². The minimum atomic E-state index is -4.52. The molecular weight excluding hydrogens is 389 g/mol. The maximum Gasteiger partial charge on any atom is 0.416 e. The van der Waals surface area contributed by atoms with Crippen LogP contribution in [-0.4, -0.2) is 32.9 Å². The second kappa shape index (κ2) is 8.31. The van der Waals surface area contributed by atoms with Gasteiger partial charge in [0.1, 0.15) is 12.1 Å². The standard InChI is InChI=1S/C19H17F3N4O3/c1-29-15-7-5-12(6-8-15)16(27)10-26-11-23-17(25-26)18(28)24-14-4-2-3-13(9-14)19(20,21)22/h2-9,11,16,27H,10H2,1H3,(H,24,28)/t16-/m0/s1. The first kappa shape index (κ1) is 20.3. The summed E-state index contributed by atoms with van der Waals surface area (Å²) in [4.78, 5) is 16.1. The molecule has 0 aliphatic rings. The number of benzene rings is 2. The summed E-state index contributed by atoms with van der Waals surface area (Å²) in [5.74, 6) is -0.346. The van der Waals surface area contributed by atoms with E-state index in [-0.39, 0.29) is 18.1 Å². The first-order valence-electron chi connectivity index (χ1n) is 8.46. The fraction of sp³-hybridized carbons (Fsp3) is 0.211. The Morgan fingerprint density at radius 2 is 1.97 bits per heavy atom. The SMILES string of the molecule is COc1ccc([C@@H](O)Cn2cnc(C(=O)Nc3cccc(C(F)(F)F)c3)n2)cc1. The molecule has 10 heteroatoms. The highest BCUT2D eigenvalue weighted by molar-refractivity contribution is 6.01. The molecule has 3 aromatic rings. The summed E-state index contributed by atoms with van der Waals surface area (Å²) in [5, 5.41) is 16.6. The monoisotopic (exact) mass is 406 g/mol. The summed E-state index contributed by atoms with van der Waals surface area (Å²) in [6, 6.07) is 11.0. The van der Waals surface area contributed by atoms with Gasteiger partial charge in [0.25, 0.3) is 5.91 Å². The molecule has 2 N–H and O–H groups in total. The molecule has 29 heavy (non-hydrogen) atoms. The summed E-state index contributed by atoms with van der Waals surface area (Å²) < 4.78 is 44.6. The van der Waals surface area contributed by atoms with Crippen molar-refractivity contribution in [3.05, 3.63) is 71.8 Å². The van der Waals surface area contributed by atoms with Gasteiger partial charge in [-0.25, -0.2) is 9.67 Å². The van der Waals surface area contributed by atoms with Crippen molar-refractivity contribution >= 4 is 11.6 Å². The Morgan fingerprint density at radius 1 is 1.24 bits per heavy atom. The van der Waals surface area contributed by atoms with Gasteiger partial charge >= 0.3 is 6.18 Å². The number of alkyl halides is 3. The van der Waals surface area contributed by atoms with Crippen LogP contribution >= 0.6 is 0 Å². The third-order valence-corrected chi connectivity index (χ3v) is 4.05. The van der Waals surface area contributed by atoms with Gasteiger partial charge in [0.15, 0.2) is 0 Å². The highest BCUT2D eigenvalue weighted by atomic mass is 19.4. The molecule has 0 bridgehead atoms. The zero-order valence-corrected chi connectivity index (χ0v) is 15.2. The minimum Gasteiger partial charge on any atom is -0.497 e. The molecule has 1 atom stereocenters. The van der Waals surface area contributed by atoms with Crippen LogP contribution in [0.4, 0.5) is 18.9 Å². The van der Waals surface area contributed by atoms with Crippen LogP contribution in [0.5, 0.6) is 5.75 Å². The topological polar surface area (TPSA) is 89.3 Å². The van der Waals surface area contributed by atoms with Crippen molar-refractivity contribution in [2.75, 3.05) is 12.4 Å². The second-order valence-corrected chi connectivity index (χ2v) is 6.11. The van der Waals surface area contributed by atoms with E-state index in [1.165, 1.54) is 30.3 Å². The van der Waals surface area contributed by atoms with Crippen molar-refractivity contribution < 1.29 is 27.8 Å². The zero-order chi connectivity index (χ0) is 21.0.